The van der Waals surface area contributed by atoms with Gasteiger partial charge in [0.05, 0.1) is 22.2 Å². The molecule has 2 aliphatic heterocycles. The van der Waals surface area contributed by atoms with Crippen LogP contribution in [-0.4, -0.2) is 50.5 Å². The van der Waals surface area contributed by atoms with Crippen LogP contribution in [0.4, 0.5) is 5.69 Å². The largest absolute Gasteiger partial charge is 0.487 e. The summed E-state index contributed by atoms with van der Waals surface area (Å²) < 4.78 is 47.7. The van der Waals surface area contributed by atoms with E-state index in [0.717, 1.165) is 67.9 Å². The van der Waals surface area contributed by atoms with Crippen molar-refractivity contribution in [3.05, 3.63) is 87.8 Å². The van der Waals surface area contributed by atoms with Crippen molar-refractivity contribution < 1.29 is 27.2 Å². The van der Waals surface area contributed by atoms with Crippen LogP contribution in [0.3, 0.4) is 0 Å². The number of ether oxygens (including phenoxy) is 2. The molecule has 1 saturated carbocycles. The van der Waals surface area contributed by atoms with Crippen molar-refractivity contribution in [2.45, 2.75) is 83.2 Å². The van der Waals surface area contributed by atoms with E-state index in [-0.39, 0.29) is 17.4 Å². The van der Waals surface area contributed by atoms with Crippen molar-refractivity contribution in [2.24, 2.45) is 17.8 Å². The topological polar surface area (TPSA) is 111 Å². The zero-order chi connectivity index (χ0) is 34.1. The van der Waals surface area contributed by atoms with Crippen molar-refractivity contribution >= 4 is 33.2 Å². The van der Waals surface area contributed by atoms with Crippen molar-refractivity contribution in [1.82, 2.24) is 9.88 Å². The zero-order valence-electron chi connectivity index (χ0n) is 28.2. The number of nitrogens with zero attached hydrogens (tertiary/aromatic N) is 2. The van der Waals surface area contributed by atoms with Gasteiger partial charge in [-0.25, -0.2) is 13.1 Å². The van der Waals surface area contributed by atoms with Crippen LogP contribution >= 0.6 is 11.6 Å². The van der Waals surface area contributed by atoms with E-state index in [1.54, 1.807) is 32.2 Å². The number of aromatic nitrogens is 1. The molecule has 0 radical (unpaired) electrons. The number of carbonyl (C=O) groups excluding carboxylic acids is 1. The van der Waals surface area contributed by atoms with Crippen LogP contribution in [0.15, 0.2) is 59.1 Å². The van der Waals surface area contributed by atoms with Crippen molar-refractivity contribution in [1.29, 1.82) is 0 Å². The van der Waals surface area contributed by atoms with Crippen molar-refractivity contribution in [2.75, 3.05) is 25.1 Å². The van der Waals surface area contributed by atoms with Gasteiger partial charge in [-0.2, -0.15) is 0 Å². The van der Waals surface area contributed by atoms with Gasteiger partial charge in [0.15, 0.2) is 0 Å². The van der Waals surface area contributed by atoms with Gasteiger partial charge in [0.25, 0.3) is 5.91 Å². The van der Waals surface area contributed by atoms with Crippen molar-refractivity contribution in [3.63, 3.8) is 0 Å². The summed E-state index contributed by atoms with van der Waals surface area (Å²) in [5.41, 5.74) is 3.47. The Morgan fingerprint density at radius 1 is 1.10 bits per heavy atom. The molecule has 1 aromatic heterocycles. The maximum absolute atomic E-state index is 13.5. The van der Waals surface area contributed by atoms with E-state index in [1.165, 1.54) is 5.56 Å². The summed E-state index contributed by atoms with van der Waals surface area (Å²) in [6.45, 7) is 7.25. The van der Waals surface area contributed by atoms with Crippen LogP contribution in [0.2, 0.25) is 5.02 Å². The Balaban J connectivity index is 1.42. The molecule has 9 nitrogen and oxygen atoms in total. The molecule has 0 saturated heterocycles. The van der Waals surface area contributed by atoms with Gasteiger partial charge in [0.2, 0.25) is 10.0 Å². The molecule has 1 fully saturated rings. The molecule has 48 heavy (non-hydrogen) atoms. The van der Waals surface area contributed by atoms with Gasteiger partial charge in [-0.1, -0.05) is 41.9 Å². The summed E-state index contributed by atoms with van der Waals surface area (Å²) in [6, 6.07) is 13.1. The number of carbonyl (C=O) groups is 1. The maximum Gasteiger partial charge on any atom is 0.264 e. The van der Waals surface area contributed by atoms with Gasteiger partial charge in [0, 0.05) is 43.3 Å². The Bertz CT molecular complexity index is 1770. The SMILES string of the molecule is CO[C@@]1(Cc2cc(C)on2)/C=C/C[C@H](C)[C@@H](C)S(=O)(=O)NC(=O)c2ccc3c(c2)N(CCCCc2cc(Cl)ccc2CO3)C[C@@H]2CC[C@H]21. The lowest BCUT2D eigenvalue weighted by Gasteiger charge is -2.50. The molecule has 11 heteroatoms. The van der Waals surface area contributed by atoms with E-state index < -0.39 is 26.8 Å². The molecule has 3 aromatic rings. The summed E-state index contributed by atoms with van der Waals surface area (Å²) in [5, 5.41) is 4.22. The van der Waals surface area contributed by atoms with Crippen LogP contribution in [-0.2, 0) is 34.2 Å². The third-order valence-electron chi connectivity index (χ3n) is 10.7. The molecule has 1 aliphatic carbocycles. The number of allylic oxidation sites excluding steroid dienone is 1. The van der Waals surface area contributed by atoms with E-state index in [2.05, 4.69) is 20.9 Å². The van der Waals surface area contributed by atoms with E-state index in [1.807, 2.05) is 44.2 Å². The molecule has 1 N–H and O–H groups in total. The predicted octanol–water partition coefficient (Wildman–Crippen LogP) is 7.06. The molecular weight excluding hydrogens is 650 g/mol. The number of fused-ring (bicyclic) bond motifs is 3. The van der Waals surface area contributed by atoms with Crippen LogP contribution in [0.5, 0.6) is 5.75 Å². The molecule has 258 valence electrons. The lowest BCUT2D eigenvalue weighted by Crippen LogP contribution is -2.52. The number of halogens is 1. The number of anilines is 1. The highest BCUT2D eigenvalue weighted by Gasteiger charge is 2.48. The minimum Gasteiger partial charge on any atom is -0.487 e. The highest BCUT2D eigenvalue weighted by atomic mass is 35.5. The number of sulfonamides is 1. The van der Waals surface area contributed by atoms with Gasteiger partial charge in [-0.05, 0) is 112 Å². The highest BCUT2D eigenvalue weighted by Crippen LogP contribution is 2.47. The number of hydrogen-bond acceptors (Lipinski definition) is 8. The Hall–Kier alpha value is -3.34. The fourth-order valence-corrected chi connectivity index (χ4v) is 8.92. The average molecular weight is 696 g/mol. The summed E-state index contributed by atoms with van der Waals surface area (Å²) in [7, 11) is -2.21. The highest BCUT2D eigenvalue weighted by molar-refractivity contribution is 7.90. The summed E-state index contributed by atoms with van der Waals surface area (Å²) >= 11 is 6.37. The third kappa shape index (κ3) is 7.31. The van der Waals surface area contributed by atoms with Gasteiger partial charge < -0.3 is 18.9 Å². The smallest absolute Gasteiger partial charge is 0.264 e. The molecule has 5 atom stereocenters. The van der Waals surface area contributed by atoms with Crippen LogP contribution in [0, 0.1) is 24.7 Å². The number of nitrogens with one attached hydrogen (secondary N) is 1. The first-order valence-electron chi connectivity index (χ1n) is 17.0. The zero-order valence-corrected chi connectivity index (χ0v) is 29.8. The number of aryl methyl sites for hydroxylation is 2. The first-order valence-corrected chi connectivity index (χ1v) is 18.9. The van der Waals surface area contributed by atoms with Crippen LogP contribution in [0.25, 0.3) is 0 Å². The molecule has 1 amide bonds. The van der Waals surface area contributed by atoms with Gasteiger partial charge in [0.1, 0.15) is 18.1 Å². The van der Waals surface area contributed by atoms with Crippen LogP contribution in [0.1, 0.15) is 78.9 Å². The Labute approximate surface area is 289 Å². The summed E-state index contributed by atoms with van der Waals surface area (Å²) in [4.78, 5) is 15.8. The lowest BCUT2D eigenvalue weighted by molar-refractivity contribution is -0.0752. The molecule has 6 rings (SSSR count). The Morgan fingerprint density at radius 2 is 1.94 bits per heavy atom. The summed E-state index contributed by atoms with van der Waals surface area (Å²) in [6.07, 6.45) is 9.98. The number of methoxy groups -OCH3 is 1. The molecule has 3 heterocycles. The fraction of sp³-hybridized carbons (Fsp3) is 0.514. The number of amides is 1. The van der Waals surface area contributed by atoms with Gasteiger partial charge in [-0.3, -0.25) is 4.79 Å². The fourth-order valence-electron chi connectivity index (χ4n) is 7.44. The standard InChI is InChI=1S/C37H46ClN3O6S/c1-24-8-7-16-37(45-4,21-32-18-25(2)47-39-32)33-14-11-29(33)22-41-17-6-5-9-27-19-31(38)13-10-30(27)23-46-35-15-12-28(20-34(35)41)36(42)40-48(43,44)26(24)3/h7,10,12-13,15-16,18-20,24,26,29,33H,5-6,8-9,11,14,17,21-23H2,1-4H3,(H,40,42)/b16-7+/t24-,26+,29-,33+,37+/m0/s1. The monoisotopic (exact) mass is 695 g/mol. The molecule has 3 aliphatic rings. The molecule has 0 unspecified atom stereocenters. The molecule has 2 bridgehead atoms. The van der Waals surface area contributed by atoms with Crippen molar-refractivity contribution in [3.8, 4) is 5.75 Å². The number of rotatable bonds is 3. The van der Waals surface area contributed by atoms with E-state index in [0.29, 0.717) is 36.1 Å². The van der Waals surface area contributed by atoms with Crippen LogP contribution < -0.4 is 14.4 Å². The van der Waals surface area contributed by atoms with E-state index in [9.17, 15) is 13.2 Å². The number of hydrogen-bond donors (Lipinski definition) is 1. The second-order valence-corrected chi connectivity index (χ2v) is 16.3. The van der Waals surface area contributed by atoms with Gasteiger partial charge >= 0.3 is 0 Å². The second-order valence-electron chi connectivity index (χ2n) is 13.8. The first-order chi connectivity index (χ1) is 23.0. The normalized spacial score (nSPS) is 28.4. The second kappa shape index (κ2) is 14.3. The Kier molecular flexibility index (Phi) is 10.3. The van der Waals surface area contributed by atoms with E-state index >= 15 is 0 Å². The van der Waals surface area contributed by atoms with Gasteiger partial charge in [-0.15, -0.1) is 0 Å². The van der Waals surface area contributed by atoms with E-state index in [4.69, 9.17) is 25.6 Å². The molecule has 0 spiro atoms. The predicted molar refractivity (Wildman–Crippen MR) is 187 cm³/mol. The third-order valence-corrected chi connectivity index (χ3v) is 12.8. The quantitative estimate of drug-likeness (QED) is 0.290. The Morgan fingerprint density at radius 3 is 2.67 bits per heavy atom. The summed E-state index contributed by atoms with van der Waals surface area (Å²) in [5.74, 6) is 0.964. The average Bonchev–Trinajstić information content (AvgIpc) is 3.44. The molecular formula is C37H46ClN3O6S. The minimum absolute atomic E-state index is 0.181. The molecule has 2 aromatic carbocycles. The first kappa shape index (κ1) is 34.5. The lowest BCUT2D eigenvalue weighted by atomic mass is 9.63. The maximum atomic E-state index is 13.5. The minimum atomic E-state index is -3.97. The number of benzene rings is 2.